The van der Waals surface area contributed by atoms with Crippen LogP contribution in [0.15, 0.2) is 60.8 Å². The van der Waals surface area contributed by atoms with Gasteiger partial charge in [-0.15, -0.1) is 0 Å². The van der Waals surface area contributed by atoms with Crippen LogP contribution in [0.3, 0.4) is 0 Å². The van der Waals surface area contributed by atoms with E-state index in [1.165, 1.54) is 4.90 Å². The van der Waals surface area contributed by atoms with E-state index in [2.05, 4.69) is 4.98 Å². The van der Waals surface area contributed by atoms with Crippen molar-refractivity contribution in [1.82, 2.24) is 14.9 Å². The second kappa shape index (κ2) is 10.2. The number of carbonyl (C=O) groups is 2. The molecule has 0 radical (unpaired) electrons. The van der Waals surface area contributed by atoms with Crippen LogP contribution in [0.25, 0.3) is 11.4 Å². The predicted molar refractivity (Wildman–Crippen MR) is 136 cm³/mol. The van der Waals surface area contributed by atoms with Crippen LogP contribution in [-0.2, 0) is 4.79 Å². The number of methoxy groups -OCH3 is 1. The van der Waals surface area contributed by atoms with E-state index in [1.54, 1.807) is 30.2 Å². The van der Waals surface area contributed by atoms with Gasteiger partial charge in [0.25, 0.3) is 0 Å². The molecule has 1 atom stereocenters. The summed E-state index contributed by atoms with van der Waals surface area (Å²) in [4.78, 5) is 39.9. The number of urea groups is 1. The number of amides is 2. The monoisotopic (exact) mass is 487 g/mol. The highest BCUT2D eigenvalue weighted by atomic mass is 16.5. The van der Waals surface area contributed by atoms with Gasteiger partial charge < -0.3 is 19.3 Å². The van der Waals surface area contributed by atoms with Crippen LogP contribution >= 0.6 is 0 Å². The number of ether oxygens (including phenoxy) is 2. The summed E-state index contributed by atoms with van der Waals surface area (Å²) in [6.07, 6.45) is 3.27. The molecule has 0 N–H and O–H groups in total. The van der Waals surface area contributed by atoms with E-state index < -0.39 is 6.17 Å². The first-order chi connectivity index (χ1) is 17.6. The van der Waals surface area contributed by atoms with Crippen molar-refractivity contribution < 1.29 is 19.1 Å². The second-order valence-electron chi connectivity index (χ2n) is 8.97. The van der Waals surface area contributed by atoms with Crippen LogP contribution in [0, 0.1) is 5.92 Å². The zero-order valence-corrected chi connectivity index (χ0v) is 20.4. The number of anilines is 2. The molecule has 186 valence electrons. The molecule has 1 unspecified atom stereocenters. The highest BCUT2D eigenvalue weighted by Crippen LogP contribution is 2.39. The Kier molecular flexibility index (Phi) is 6.71. The lowest BCUT2D eigenvalue weighted by atomic mass is 9.98. The normalized spacial score (nSPS) is 17.6. The van der Waals surface area contributed by atoms with Crippen LogP contribution in [0.5, 0.6) is 11.5 Å². The maximum absolute atomic E-state index is 13.6. The molecule has 9 nitrogen and oxygen atoms in total. The van der Waals surface area contributed by atoms with E-state index in [0.29, 0.717) is 48.7 Å². The average Bonchev–Trinajstić information content (AvgIpc) is 3.23. The van der Waals surface area contributed by atoms with Gasteiger partial charge in [-0.05, 0) is 43.0 Å². The summed E-state index contributed by atoms with van der Waals surface area (Å²) in [7, 11) is 3.36. The summed E-state index contributed by atoms with van der Waals surface area (Å²) in [5.41, 5.74) is 1.26. The number of nitrogens with zero attached hydrogens (tertiary/aromatic N) is 5. The number of para-hydroxylation sites is 2. The fourth-order valence-corrected chi connectivity index (χ4v) is 4.74. The minimum Gasteiger partial charge on any atom is -0.496 e. The fourth-order valence-electron chi connectivity index (χ4n) is 4.74. The number of rotatable bonds is 6. The molecule has 0 spiro atoms. The molecule has 1 saturated heterocycles. The summed E-state index contributed by atoms with van der Waals surface area (Å²) in [6, 6.07) is 17.0. The number of hydrogen-bond acceptors (Lipinski definition) is 7. The number of benzene rings is 2. The van der Waals surface area contributed by atoms with E-state index in [0.717, 1.165) is 30.4 Å². The van der Waals surface area contributed by atoms with Gasteiger partial charge in [-0.25, -0.2) is 14.8 Å². The number of likely N-dealkylation sites (N-methyl/N-ethyl adjacent to an activating group) is 1. The lowest BCUT2D eigenvalue weighted by molar-refractivity contribution is -0.108. The fraction of sp³-hybridized carbons (Fsp3) is 0.333. The van der Waals surface area contributed by atoms with Crippen LogP contribution in [0.4, 0.5) is 16.3 Å². The number of aldehydes is 1. The minimum atomic E-state index is -0.783. The maximum atomic E-state index is 13.6. The Bertz CT molecular complexity index is 1230. The standard InChI is InChI=1S/C27H29N5O4/c1-30-24(17-33)32(22-16-28-25(29-26(22)30)21-10-6-7-11-23(21)35-2)27(34)31-14-12-19(13-15-31)18-36-20-8-4-3-5-9-20/h3-11,16-17,19,24H,12-15,18H2,1-2H3. The SMILES string of the molecule is COc1ccccc1-c1ncc2c(n1)N(C)C(C=O)N2C(=O)N1CCC(COc2ccccc2)CC1. The smallest absolute Gasteiger partial charge is 0.326 e. The number of fused-ring (bicyclic) bond motifs is 1. The molecule has 0 saturated carbocycles. The van der Waals surface area contributed by atoms with Crippen molar-refractivity contribution in [3.8, 4) is 22.9 Å². The molecule has 2 aliphatic rings. The molecule has 3 heterocycles. The van der Waals surface area contributed by atoms with Crippen molar-refractivity contribution in [3.63, 3.8) is 0 Å². The predicted octanol–water partition coefficient (Wildman–Crippen LogP) is 3.84. The van der Waals surface area contributed by atoms with Crippen LogP contribution in [0.1, 0.15) is 12.8 Å². The van der Waals surface area contributed by atoms with Crippen LogP contribution in [0.2, 0.25) is 0 Å². The van der Waals surface area contributed by atoms with E-state index in [-0.39, 0.29) is 6.03 Å². The topological polar surface area (TPSA) is 88.1 Å². The Balaban J connectivity index is 1.30. The third-order valence-electron chi connectivity index (χ3n) is 6.79. The molecule has 36 heavy (non-hydrogen) atoms. The van der Waals surface area contributed by atoms with Gasteiger partial charge in [0.2, 0.25) is 0 Å². The summed E-state index contributed by atoms with van der Waals surface area (Å²) >= 11 is 0. The van der Waals surface area contributed by atoms with Gasteiger partial charge in [0.15, 0.2) is 24.1 Å². The van der Waals surface area contributed by atoms with Gasteiger partial charge in [0.05, 0.1) is 25.5 Å². The minimum absolute atomic E-state index is 0.214. The number of hydrogen-bond donors (Lipinski definition) is 0. The van der Waals surface area contributed by atoms with E-state index in [1.807, 2.05) is 54.6 Å². The number of carbonyl (C=O) groups excluding carboxylic acids is 2. The summed E-state index contributed by atoms with van der Waals surface area (Å²) in [6.45, 7) is 1.82. The molecule has 2 amide bonds. The van der Waals surface area contributed by atoms with Crippen LogP contribution < -0.4 is 19.3 Å². The molecule has 1 fully saturated rings. The zero-order valence-electron chi connectivity index (χ0n) is 20.4. The highest BCUT2D eigenvalue weighted by molar-refractivity contribution is 6.03. The van der Waals surface area contributed by atoms with Gasteiger partial charge in [-0.1, -0.05) is 30.3 Å². The Morgan fingerprint density at radius 2 is 1.81 bits per heavy atom. The molecule has 0 bridgehead atoms. The molecule has 9 heteroatoms. The molecule has 1 aromatic heterocycles. The van der Waals surface area contributed by atoms with Crippen LogP contribution in [-0.4, -0.2) is 67.2 Å². The van der Waals surface area contributed by atoms with Crippen molar-refractivity contribution in [1.29, 1.82) is 0 Å². The van der Waals surface area contributed by atoms with Crippen molar-refractivity contribution in [3.05, 3.63) is 60.8 Å². The van der Waals surface area contributed by atoms with Crippen molar-refractivity contribution in [2.75, 3.05) is 43.7 Å². The first-order valence-corrected chi connectivity index (χ1v) is 12.0. The maximum Gasteiger partial charge on any atom is 0.326 e. The van der Waals surface area contributed by atoms with Crippen molar-refractivity contribution in [2.45, 2.75) is 19.0 Å². The Morgan fingerprint density at radius 1 is 1.08 bits per heavy atom. The molecule has 2 aliphatic heterocycles. The molecule has 0 aliphatic carbocycles. The molecule has 5 rings (SSSR count). The van der Waals surface area contributed by atoms with Gasteiger partial charge in [-0.3, -0.25) is 9.69 Å². The first-order valence-electron chi connectivity index (χ1n) is 12.0. The summed E-state index contributed by atoms with van der Waals surface area (Å²) in [5, 5.41) is 0. The third-order valence-corrected chi connectivity index (χ3v) is 6.79. The van der Waals surface area contributed by atoms with E-state index in [9.17, 15) is 9.59 Å². The van der Waals surface area contributed by atoms with Gasteiger partial charge in [0, 0.05) is 20.1 Å². The molecule has 3 aromatic rings. The van der Waals surface area contributed by atoms with Crippen molar-refractivity contribution in [2.24, 2.45) is 5.92 Å². The van der Waals surface area contributed by atoms with E-state index in [4.69, 9.17) is 14.5 Å². The van der Waals surface area contributed by atoms with Gasteiger partial charge in [-0.2, -0.15) is 0 Å². The first kappa shape index (κ1) is 23.6. The largest absolute Gasteiger partial charge is 0.496 e. The lowest BCUT2D eigenvalue weighted by Gasteiger charge is -2.35. The lowest BCUT2D eigenvalue weighted by Crippen LogP contribution is -2.53. The summed E-state index contributed by atoms with van der Waals surface area (Å²) < 4.78 is 11.4. The Morgan fingerprint density at radius 3 is 2.53 bits per heavy atom. The third kappa shape index (κ3) is 4.44. The Hall–Kier alpha value is -4.14. The number of likely N-dealkylation sites (tertiary alicyclic amines) is 1. The number of aromatic nitrogens is 2. The zero-order chi connectivity index (χ0) is 25.1. The Labute approximate surface area is 210 Å². The highest BCUT2D eigenvalue weighted by Gasteiger charge is 2.42. The molecular formula is C27H29N5O4. The molecular weight excluding hydrogens is 458 g/mol. The van der Waals surface area contributed by atoms with Gasteiger partial charge >= 0.3 is 6.03 Å². The van der Waals surface area contributed by atoms with E-state index >= 15 is 0 Å². The number of piperidine rings is 1. The van der Waals surface area contributed by atoms with Crippen molar-refractivity contribution >= 4 is 23.8 Å². The second-order valence-corrected chi connectivity index (χ2v) is 8.97. The average molecular weight is 488 g/mol. The molecule has 2 aromatic carbocycles. The van der Waals surface area contributed by atoms with Gasteiger partial charge in [0.1, 0.15) is 17.2 Å². The quantitative estimate of drug-likeness (QED) is 0.488. The summed E-state index contributed by atoms with van der Waals surface area (Å²) in [5.74, 6) is 2.88.